The van der Waals surface area contributed by atoms with E-state index in [0.29, 0.717) is 38.5 Å². The summed E-state index contributed by atoms with van der Waals surface area (Å²) in [6.45, 7) is 5.31. The van der Waals surface area contributed by atoms with Crippen molar-refractivity contribution in [3.63, 3.8) is 0 Å². The van der Waals surface area contributed by atoms with Crippen molar-refractivity contribution in [3.8, 4) is 0 Å². The first-order valence-electron chi connectivity index (χ1n) is 8.19. The molecule has 0 aliphatic heterocycles. The predicted molar refractivity (Wildman–Crippen MR) is 95.1 cm³/mol. The number of rotatable bonds is 15. The van der Waals surface area contributed by atoms with Crippen LogP contribution in [0.2, 0.25) is 0 Å². The van der Waals surface area contributed by atoms with Gasteiger partial charge in [-0.1, -0.05) is 0 Å². The first kappa shape index (κ1) is 25.4. The molecule has 0 radical (unpaired) electrons. The van der Waals surface area contributed by atoms with E-state index < -0.39 is 47.7 Å². The number of unbranched alkanes of at least 4 members (excludes halogenated alkanes) is 3. The molecule has 0 aromatic heterocycles. The molecule has 0 spiro atoms. The van der Waals surface area contributed by atoms with Crippen molar-refractivity contribution in [3.05, 3.63) is 0 Å². The first-order valence-corrected chi connectivity index (χ1v) is 15.9. The molecule has 0 aromatic carbocycles. The molecule has 0 atom stereocenters. The van der Waals surface area contributed by atoms with Gasteiger partial charge in [-0.05, 0) is 0 Å². The molecule has 0 unspecified atom stereocenters. The molecule has 0 amide bonds. The average Bonchev–Trinajstić information content (AvgIpc) is 2.47. The van der Waals surface area contributed by atoms with Crippen molar-refractivity contribution in [2.24, 2.45) is 0 Å². The Morgan fingerprint density at radius 1 is 0.560 bits per heavy atom. The van der Waals surface area contributed by atoms with Crippen molar-refractivity contribution in [1.82, 2.24) is 0 Å². The van der Waals surface area contributed by atoms with Crippen LogP contribution in [0.1, 0.15) is 59.3 Å². The van der Waals surface area contributed by atoms with Gasteiger partial charge in [0.25, 0.3) is 0 Å². The van der Waals surface area contributed by atoms with Crippen molar-refractivity contribution < 1.29 is 34.2 Å². The van der Waals surface area contributed by atoms with E-state index in [2.05, 4.69) is 0 Å². The van der Waals surface area contributed by atoms with Gasteiger partial charge in [0.2, 0.25) is 0 Å². The second kappa shape index (κ2) is 11.9. The van der Waals surface area contributed by atoms with Crippen molar-refractivity contribution in [1.29, 1.82) is 0 Å². The quantitative estimate of drug-likeness (QED) is 0.319. The van der Waals surface area contributed by atoms with Crippen LogP contribution in [0, 0.1) is 0 Å². The fourth-order valence-corrected chi connectivity index (χ4v) is 13.0. The van der Waals surface area contributed by atoms with Gasteiger partial charge in [-0.3, -0.25) is 0 Å². The predicted octanol–water partition coefficient (Wildman–Crippen LogP) is 1.41. The Morgan fingerprint density at radius 3 is 1.00 bits per heavy atom. The summed E-state index contributed by atoms with van der Waals surface area (Å²) in [5, 5.41) is 0. The number of hydrogen-bond acceptors (Lipinski definition) is 9. The van der Waals surface area contributed by atoms with Crippen LogP contribution in [0.4, 0.5) is 0 Å². The van der Waals surface area contributed by atoms with Gasteiger partial charge in [0, 0.05) is 0 Å². The molecule has 0 rings (SSSR count). The summed E-state index contributed by atoms with van der Waals surface area (Å²) in [4.78, 5) is 0. The molecule has 0 aromatic rings. The van der Waals surface area contributed by atoms with E-state index in [1.165, 1.54) is 0 Å². The van der Waals surface area contributed by atoms with E-state index in [0.717, 1.165) is 0 Å². The summed E-state index contributed by atoms with van der Waals surface area (Å²) >= 11 is -4.57. The van der Waals surface area contributed by atoms with Crippen LogP contribution >= 0.6 is 0 Å². The maximum atomic E-state index is 11.9. The number of hydrogen-bond donors (Lipinski definition) is 0. The van der Waals surface area contributed by atoms with E-state index in [9.17, 15) is 25.3 Å². The average molecular weight is 481 g/mol. The molecule has 0 aliphatic rings. The molecule has 0 heterocycles. The zero-order valence-electron chi connectivity index (χ0n) is 14.8. The topological polar surface area (TPSA) is 130 Å². The van der Waals surface area contributed by atoms with E-state index >= 15 is 0 Å². The van der Waals surface area contributed by atoms with Gasteiger partial charge >= 0.3 is 158 Å². The fourth-order valence-electron chi connectivity index (χ4n) is 1.51. The Kier molecular flexibility index (Phi) is 12.1. The molecule has 150 valence electrons. The molecule has 13 heteroatoms. The molecule has 0 fully saturated rings. The van der Waals surface area contributed by atoms with Crippen LogP contribution in [-0.4, -0.2) is 59.8 Å². The SMILES string of the molecule is CCCCS(=O)(=O)[O][Ga]([O]S(=O)(=O)CCCC)[O]S(=O)(=O)CCCC. The standard InChI is InChI=1S/3C4H10O3S.Ga/c3*1-2-3-4-8(5,6)7;/h3*2-4H2,1H3,(H,5,6,7);/q;;;+3/p-3. The van der Waals surface area contributed by atoms with Crippen LogP contribution in [-0.2, 0) is 39.3 Å². The Labute approximate surface area is 158 Å². The van der Waals surface area contributed by atoms with Crippen LogP contribution < -0.4 is 0 Å². The van der Waals surface area contributed by atoms with Crippen molar-refractivity contribution >= 4 is 47.7 Å². The van der Waals surface area contributed by atoms with Gasteiger partial charge in [-0.15, -0.1) is 0 Å². The molecule has 0 bridgehead atoms. The van der Waals surface area contributed by atoms with E-state index in [1.54, 1.807) is 20.8 Å². The summed E-state index contributed by atoms with van der Waals surface area (Å²) in [6, 6.07) is 0. The van der Waals surface area contributed by atoms with Crippen LogP contribution in [0.5, 0.6) is 0 Å². The minimum absolute atomic E-state index is 0.294. The molecule has 9 nitrogen and oxygen atoms in total. The van der Waals surface area contributed by atoms with Crippen molar-refractivity contribution in [2.45, 2.75) is 59.3 Å². The second-order valence-electron chi connectivity index (χ2n) is 5.42. The van der Waals surface area contributed by atoms with E-state index in [1.807, 2.05) is 0 Å². The molecule has 0 saturated carbocycles. The van der Waals surface area contributed by atoms with Gasteiger partial charge in [0.15, 0.2) is 0 Å². The Bertz CT molecular complexity index is 576. The van der Waals surface area contributed by atoms with Crippen LogP contribution in [0.3, 0.4) is 0 Å². The summed E-state index contributed by atoms with van der Waals surface area (Å²) in [5.41, 5.74) is 0. The van der Waals surface area contributed by atoms with Gasteiger partial charge in [-0.25, -0.2) is 0 Å². The zero-order valence-corrected chi connectivity index (χ0v) is 19.7. The van der Waals surface area contributed by atoms with Gasteiger partial charge in [0.05, 0.1) is 0 Å². The van der Waals surface area contributed by atoms with Crippen LogP contribution in [0.15, 0.2) is 0 Å². The Hall–Kier alpha value is 0.366. The molecule has 0 N–H and O–H groups in total. The maximum absolute atomic E-state index is 11.9. The molecule has 0 aliphatic carbocycles. The third kappa shape index (κ3) is 13.2. The minimum atomic E-state index is -4.57. The van der Waals surface area contributed by atoms with Gasteiger partial charge in [0.1, 0.15) is 0 Å². The normalized spacial score (nSPS) is 13.1. The summed E-state index contributed by atoms with van der Waals surface area (Å²) in [7, 11) is -12.4. The Morgan fingerprint density at radius 2 is 0.800 bits per heavy atom. The molecular weight excluding hydrogens is 454 g/mol. The molecule has 0 saturated heterocycles. The summed E-state index contributed by atoms with van der Waals surface area (Å²) in [6.07, 6.45) is 2.61. The third-order valence-corrected chi connectivity index (χ3v) is 15.1. The second-order valence-corrected chi connectivity index (χ2v) is 15.4. The van der Waals surface area contributed by atoms with Gasteiger partial charge in [-0.2, -0.15) is 0 Å². The third-order valence-electron chi connectivity index (χ3n) is 2.92. The first-order chi connectivity index (χ1) is 11.5. The van der Waals surface area contributed by atoms with Crippen LogP contribution in [0.25, 0.3) is 0 Å². The molecular formula is C12H27GaO9S3. The summed E-state index contributed by atoms with van der Waals surface area (Å²) < 4.78 is 85.4. The monoisotopic (exact) mass is 480 g/mol. The van der Waals surface area contributed by atoms with E-state index in [-0.39, 0.29) is 17.3 Å². The van der Waals surface area contributed by atoms with Gasteiger partial charge < -0.3 is 0 Å². The summed E-state index contributed by atoms with van der Waals surface area (Å²) in [5.74, 6) is -1.08. The zero-order chi connectivity index (χ0) is 19.6. The molecule has 25 heavy (non-hydrogen) atoms. The van der Waals surface area contributed by atoms with Crippen molar-refractivity contribution in [2.75, 3.05) is 17.3 Å². The fraction of sp³-hybridized carbons (Fsp3) is 1.00. The Balaban J connectivity index is 5.24. The van der Waals surface area contributed by atoms with E-state index in [4.69, 9.17) is 8.93 Å².